The Kier molecular flexibility index (Phi) is 7.14. The smallest absolute Gasteiger partial charge is 0.226 e. The number of benzene rings is 2. The largest absolute Gasteiger partial charge is 0.491 e. The fraction of sp³-hybridized carbons (Fsp3) is 0.400. The van der Waals surface area contributed by atoms with Gasteiger partial charge in [-0.3, -0.25) is 4.79 Å². The summed E-state index contributed by atoms with van der Waals surface area (Å²) in [7, 11) is 0. The van der Waals surface area contributed by atoms with Gasteiger partial charge in [-0.2, -0.15) is 4.98 Å². The van der Waals surface area contributed by atoms with E-state index in [1.165, 1.54) is 11.6 Å². The number of ether oxygens (including phenoxy) is 1. The lowest BCUT2D eigenvalue weighted by molar-refractivity contribution is -0.130. The monoisotopic (exact) mass is 437 g/mol. The first-order valence-electron chi connectivity index (χ1n) is 11.1. The Balaban J connectivity index is 1.16. The number of carbonyl (C=O) groups excluding carboxylic acids is 1. The van der Waals surface area contributed by atoms with Gasteiger partial charge < -0.3 is 14.2 Å². The zero-order valence-electron chi connectivity index (χ0n) is 18.3. The first kappa shape index (κ1) is 22.0. The van der Waals surface area contributed by atoms with Crippen LogP contribution >= 0.6 is 0 Å². The molecule has 2 heterocycles. The van der Waals surface area contributed by atoms with Crippen molar-refractivity contribution in [3.05, 3.63) is 65.8 Å². The number of para-hydroxylation sites is 1. The molecule has 1 amide bonds. The zero-order chi connectivity index (χ0) is 22.3. The van der Waals surface area contributed by atoms with E-state index in [1.54, 1.807) is 18.2 Å². The van der Waals surface area contributed by atoms with Gasteiger partial charge in [-0.15, -0.1) is 0 Å². The van der Waals surface area contributed by atoms with Gasteiger partial charge in [0.15, 0.2) is 11.6 Å². The number of halogens is 1. The Labute approximate surface area is 187 Å². The zero-order valence-corrected chi connectivity index (χ0v) is 18.3. The van der Waals surface area contributed by atoms with Gasteiger partial charge >= 0.3 is 0 Å². The summed E-state index contributed by atoms with van der Waals surface area (Å²) < 4.78 is 24.5. The standard InChI is InChI=1S/C25H28FN3O3/c1-18-9-11-20(12-10-18)25-27-23(32-28-25)7-4-8-24(30)29-15-13-19(17-29)14-16-31-22-6-3-2-5-21(22)26/h2-3,5-6,9-12,19H,4,7-8,13-17H2,1H3. The fourth-order valence-corrected chi connectivity index (χ4v) is 3.92. The number of aromatic nitrogens is 2. The Hall–Kier alpha value is -3.22. The normalized spacial score (nSPS) is 15.8. The molecule has 0 spiro atoms. The second kappa shape index (κ2) is 10.4. The highest BCUT2D eigenvalue weighted by Gasteiger charge is 2.26. The fourth-order valence-electron chi connectivity index (χ4n) is 3.92. The molecule has 1 unspecified atom stereocenters. The SMILES string of the molecule is Cc1ccc(-c2noc(CCCC(=O)N3CCC(CCOc4ccccc4F)C3)n2)cc1. The van der Waals surface area contributed by atoms with Crippen LogP contribution in [0.4, 0.5) is 4.39 Å². The van der Waals surface area contributed by atoms with Crippen molar-refractivity contribution >= 4 is 5.91 Å². The summed E-state index contributed by atoms with van der Waals surface area (Å²) in [6.45, 7) is 3.98. The molecule has 1 aromatic heterocycles. The predicted octanol–water partition coefficient (Wildman–Crippen LogP) is 4.82. The lowest BCUT2D eigenvalue weighted by atomic mass is 10.1. The quantitative estimate of drug-likeness (QED) is 0.480. The second-order valence-corrected chi connectivity index (χ2v) is 8.29. The van der Waals surface area contributed by atoms with Crippen LogP contribution in [0.15, 0.2) is 53.1 Å². The van der Waals surface area contributed by atoms with Crippen molar-refractivity contribution in [3.63, 3.8) is 0 Å². The van der Waals surface area contributed by atoms with E-state index in [4.69, 9.17) is 9.26 Å². The number of aryl methyl sites for hydroxylation is 2. The molecular weight excluding hydrogens is 409 g/mol. The van der Waals surface area contributed by atoms with Crippen LogP contribution in [0.3, 0.4) is 0 Å². The highest BCUT2D eigenvalue weighted by molar-refractivity contribution is 5.76. The van der Waals surface area contributed by atoms with Crippen molar-refractivity contribution in [1.82, 2.24) is 15.0 Å². The van der Waals surface area contributed by atoms with E-state index in [2.05, 4.69) is 10.1 Å². The van der Waals surface area contributed by atoms with Gasteiger partial charge in [0.1, 0.15) is 0 Å². The maximum absolute atomic E-state index is 13.6. The third kappa shape index (κ3) is 5.72. The van der Waals surface area contributed by atoms with Gasteiger partial charge in [-0.25, -0.2) is 4.39 Å². The molecule has 1 aliphatic heterocycles. The van der Waals surface area contributed by atoms with Crippen molar-refractivity contribution < 1.29 is 18.4 Å². The van der Waals surface area contributed by atoms with Crippen LogP contribution in [0.1, 0.15) is 37.1 Å². The minimum absolute atomic E-state index is 0.154. The van der Waals surface area contributed by atoms with Crippen LogP contribution in [0.5, 0.6) is 5.75 Å². The molecular formula is C25H28FN3O3. The summed E-state index contributed by atoms with van der Waals surface area (Å²) in [6.07, 6.45) is 3.47. The molecule has 2 aromatic carbocycles. The molecule has 1 aliphatic rings. The van der Waals surface area contributed by atoms with E-state index in [0.717, 1.165) is 31.5 Å². The average molecular weight is 438 g/mol. The summed E-state index contributed by atoms with van der Waals surface area (Å²) in [5, 5.41) is 4.04. The molecule has 168 valence electrons. The van der Waals surface area contributed by atoms with Gasteiger partial charge in [0, 0.05) is 31.5 Å². The Morgan fingerprint density at radius 1 is 1.22 bits per heavy atom. The molecule has 7 heteroatoms. The van der Waals surface area contributed by atoms with Crippen LogP contribution in [0.25, 0.3) is 11.4 Å². The third-order valence-corrected chi connectivity index (χ3v) is 5.82. The van der Waals surface area contributed by atoms with Gasteiger partial charge in [-0.1, -0.05) is 47.1 Å². The summed E-state index contributed by atoms with van der Waals surface area (Å²) in [5.41, 5.74) is 2.10. The first-order chi connectivity index (χ1) is 15.6. The number of hydrogen-bond donors (Lipinski definition) is 0. The number of amides is 1. The first-order valence-corrected chi connectivity index (χ1v) is 11.1. The molecule has 0 N–H and O–H groups in total. The number of carbonyl (C=O) groups is 1. The summed E-state index contributed by atoms with van der Waals surface area (Å²) >= 11 is 0. The number of hydrogen-bond acceptors (Lipinski definition) is 5. The molecule has 4 rings (SSSR count). The van der Waals surface area contributed by atoms with E-state index in [-0.39, 0.29) is 17.5 Å². The van der Waals surface area contributed by atoms with E-state index in [1.807, 2.05) is 36.1 Å². The maximum atomic E-state index is 13.6. The van der Waals surface area contributed by atoms with E-state index in [0.29, 0.717) is 43.5 Å². The van der Waals surface area contributed by atoms with Gasteiger partial charge in [0.05, 0.1) is 6.61 Å². The molecule has 1 fully saturated rings. The Morgan fingerprint density at radius 3 is 2.84 bits per heavy atom. The van der Waals surface area contributed by atoms with Crippen LogP contribution < -0.4 is 4.74 Å². The van der Waals surface area contributed by atoms with Crippen LogP contribution in [0, 0.1) is 18.7 Å². The molecule has 3 aromatic rings. The Morgan fingerprint density at radius 2 is 2.03 bits per heavy atom. The number of nitrogens with zero attached hydrogens (tertiary/aromatic N) is 3. The molecule has 0 aliphatic carbocycles. The molecule has 32 heavy (non-hydrogen) atoms. The van der Waals surface area contributed by atoms with E-state index < -0.39 is 0 Å². The van der Waals surface area contributed by atoms with Crippen LogP contribution in [-0.2, 0) is 11.2 Å². The molecule has 0 radical (unpaired) electrons. The number of rotatable bonds is 9. The van der Waals surface area contributed by atoms with Gasteiger partial charge in [0.25, 0.3) is 0 Å². The topological polar surface area (TPSA) is 68.5 Å². The molecule has 0 bridgehead atoms. The number of likely N-dealkylation sites (tertiary alicyclic amines) is 1. The van der Waals surface area contributed by atoms with E-state index >= 15 is 0 Å². The van der Waals surface area contributed by atoms with Crippen molar-refractivity contribution in [3.8, 4) is 17.1 Å². The molecule has 0 saturated carbocycles. The minimum atomic E-state index is -0.344. The van der Waals surface area contributed by atoms with Gasteiger partial charge in [-0.05, 0) is 44.2 Å². The Bertz CT molecular complexity index is 1030. The molecule has 6 nitrogen and oxygen atoms in total. The van der Waals surface area contributed by atoms with Crippen molar-refractivity contribution in [2.45, 2.75) is 39.0 Å². The van der Waals surface area contributed by atoms with Crippen molar-refractivity contribution in [2.75, 3.05) is 19.7 Å². The van der Waals surface area contributed by atoms with Crippen molar-refractivity contribution in [2.24, 2.45) is 5.92 Å². The molecule has 1 atom stereocenters. The second-order valence-electron chi connectivity index (χ2n) is 8.29. The lowest BCUT2D eigenvalue weighted by Crippen LogP contribution is -2.28. The van der Waals surface area contributed by atoms with Crippen LogP contribution in [-0.4, -0.2) is 40.6 Å². The summed E-state index contributed by atoms with van der Waals surface area (Å²) in [5.74, 6) is 1.61. The van der Waals surface area contributed by atoms with Crippen molar-refractivity contribution in [1.29, 1.82) is 0 Å². The molecule has 1 saturated heterocycles. The highest BCUT2D eigenvalue weighted by Crippen LogP contribution is 2.23. The minimum Gasteiger partial charge on any atom is -0.491 e. The predicted molar refractivity (Wildman–Crippen MR) is 119 cm³/mol. The third-order valence-electron chi connectivity index (χ3n) is 5.82. The van der Waals surface area contributed by atoms with E-state index in [9.17, 15) is 9.18 Å². The van der Waals surface area contributed by atoms with Gasteiger partial charge in [0.2, 0.25) is 17.6 Å². The lowest BCUT2D eigenvalue weighted by Gasteiger charge is -2.16. The average Bonchev–Trinajstić information content (AvgIpc) is 3.46. The summed E-state index contributed by atoms with van der Waals surface area (Å²) in [4.78, 5) is 18.9. The highest BCUT2D eigenvalue weighted by atomic mass is 19.1. The maximum Gasteiger partial charge on any atom is 0.226 e. The van der Waals surface area contributed by atoms with Crippen LogP contribution in [0.2, 0.25) is 0 Å². The summed E-state index contributed by atoms with van der Waals surface area (Å²) in [6, 6.07) is 14.4.